The van der Waals surface area contributed by atoms with E-state index in [1.54, 1.807) is 24.3 Å². The summed E-state index contributed by atoms with van der Waals surface area (Å²) in [5, 5.41) is 0. The van der Waals surface area contributed by atoms with Crippen LogP contribution in [0.15, 0.2) is 71.9 Å². The van der Waals surface area contributed by atoms with Gasteiger partial charge in [-0.1, -0.05) is 12.1 Å². The molecule has 3 aromatic heterocycles. The Balaban J connectivity index is 1.81. The van der Waals surface area contributed by atoms with Gasteiger partial charge in [0.15, 0.2) is 9.84 Å². The van der Waals surface area contributed by atoms with Crippen molar-refractivity contribution in [1.29, 1.82) is 0 Å². The Morgan fingerprint density at radius 3 is 2.40 bits per heavy atom. The molecule has 0 spiro atoms. The lowest BCUT2D eigenvalue weighted by atomic mass is 10.1. The van der Waals surface area contributed by atoms with Gasteiger partial charge in [0.25, 0.3) is 5.91 Å². The lowest BCUT2D eigenvalue weighted by Crippen LogP contribution is -2.32. The minimum absolute atomic E-state index is 0.0560. The molecule has 0 aliphatic heterocycles. The first-order valence-corrected chi connectivity index (χ1v) is 12.0. The highest BCUT2D eigenvalue weighted by atomic mass is 32.2. The Bertz CT molecular complexity index is 1520. The van der Waals surface area contributed by atoms with E-state index in [-0.39, 0.29) is 28.5 Å². The fourth-order valence-corrected chi connectivity index (χ4v) is 4.32. The second kappa shape index (κ2) is 8.95. The second-order valence-electron chi connectivity index (χ2n) is 7.68. The van der Waals surface area contributed by atoms with E-state index in [4.69, 9.17) is 5.73 Å². The largest absolute Gasteiger partial charge is 0.433 e. The van der Waals surface area contributed by atoms with Gasteiger partial charge in [0.05, 0.1) is 33.7 Å². The maximum atomic E-state index is 13.5. The third-order valence-electron chi connectivity index (χ3n) is 5.06. The van der Waals surface area contributed by atoms with Crippen molar-refractivity contribution in [1.82, 2.24) is 15.0 Å². The van der Waals surface area contributed by atoms with Gasteiger partial charge >= 0.3 is 6.18 Å². The Kier molecular flexibility index (Phi) is 6.15. The Hall–Kier alpha value is -4.06. The van der Waals surface area contributed by atoms with E-state index in [0.29, 0.717) is 22.7 Å². The monoisotopic (exact) mass is 501 g/mol. The van der Waals surface area contributed by atoms with Crippen LogP contribution in [0.5, 0.6) is 0 Å². The number of carbonyl (C=O) groups is 1. The molecule has 2 N–H and O–H groups in total. The fourth-order valence-electron chi connectivity index (χ4n) is 3.44. The minimum Gasteiger partial charge on any atom is -0.384 e. The number of fused-ring (bicyclic) bond motifs is 1. The van der Waals surface area contributed by atoms with Gasteiger partial charge in [-0.2, -0.15) is 13.2 Å². The molecule has 180 valence electrons. The zero-order chi connectivity index (χ0) is 25.4. The van der Waals surface area contributed by atoms with Crippen LogP contribution in [0.3, 0.4) is 0 Å². The van der Waals surface area contributed by atoms with E-state index >= 15 is 0 Å². The highest BCUT2D eigenvalue weighted by Gasteiger charge is 2.33. The van der Waals surface area contributed by atoms with Crippen LogP contribution >= 0.6 is 0 Å². The molecule has 12 heteroatoms. The average molecular weight is 501 g/mol. The number of sulfone groups is 1. The molecule has 0 aliphatic rings. The number of pyridine rings is 3. The maximum absolute atomic E-state index is 13.5. The van der Waals surface area contributed by atoms with Crippen LogP contribution in [0.25, 0.3) is 11.0 Å². The molecule has 4 aromatic rings. The van der Waals surface area contributed by atoms with Crippen molar-refractivity contribution in [2.24, 2.45) is 0 Å². The molecule has 3 heterocycles. The Labute approximate surface area is 198 Å². The molecular weight excluding hydrogens is 483 g/mol. The van der Waals surface area contributed by atoms with Crippen LogP contribution in [0, 0.1) is 0 Å². The number of halogens is 3. The topological polar surface area (TPSA) is 119 Å². The molecule has 0 aliphatic carbocycles. The lowest BCUT2D eigenvalue weighted by molar-refractivity contribution is -0.141. The molecule has 0 fully saturated rings. The fraction of sp³-hybridized carbons (Fsp3) is 0.130. The molecule has 4 rings (SSSR count). The molecule has 0 saturated heterocycles. The van der Waals surface area contributed by atoms with Crippen LogP contribution in [0.1, 0.15) is 21.6 Å². The summed E-state index contributed by atoms with van der Waals surface area (Å²) in [7, 11) is -3.76. The summed E-state index contributed by atoms with van der Waals surface area (Å²) in [5.74, 6) is -0.481. The van der Waals surface area contributed by atoms with E-state index < -0.39 is 27.6 Å². The summed E-state index contributed by atoms with van der Waals surface area (Å²) >= 11 is 0. The van der Waals surface area contributed by atoms with Gasteiger partial charge in [0.1, 0.15) is 11.5 Å². The Morgan fingerprint density at radius 2 is 1.74 bits per heavy atom. The number of nitrogens with zero attached hydrogens (tertiary/aromatic N) is 4. The summed E-state index contributed by atoms with van der Waals surface area (Å²) in [6, 6.07) is 12.4. The summed E-state index contributed by atoms with van der Waals surface area (Å²) in [5.41, 5.74) is 6.00. The number of hydrogen-bond acceptors (Lipinski definition) is 7. The lowest BCUT2D eigenvalue weighted by Gasteiger charge is -2.25. The van der Waals surface area contributed by atoms with E-state index in [1.807, 2.05) is 0 Å². The van der Waals surface area contributed by atoms with E-state index in [9.17, 15) is 26.4 Å². The number of aromatic nitrogens is 3. The smallest absolute Gasteiger partial charge is 0.384 e. The molecule has 0 bridgehead atoms. The summed E-state index contributed by atoms with van der Waals surface area (Å²) in [6.07, 6.45) is -1.37. The predicted octanol–water partition coefficient (Wildman–Crippen LogP) is 3.88. The first-order valence-electron chi connectivity index (χ1n) is 10.1. The molecular formula is C23H18F3N5O3S. The van der Waals surface area contributed by atoms with Crippen molar-refractivity contribution in [2.75, 3.05) is 16.9 Å². The number of nitrogens with two attached hydrogens (primary N) is 1. The predicted molar refractivity (Wildman–Crippen MR) is 123 cm³/mol. The van der Waals surface area contributed by atoms with E-state index in [2.05, 4.69) is 15.0 Å². The van der Waals surface area contributed by atoms with Gasteiger partial charge < -0.3 is 10.6 Å². The van der Waals surface area contributed by atoms with Crippen molar-refractivity contribution in [3.8, 4) is 0 Å². The number of anilines is 2. The zero-order valence-electron chi connectivity index (χ0n) is 18.2. The number of benzene rings is 1. The van der Waals surface area contributed by atoms with Crippen molar-refractivity contribution >= 4 is 38.3 Å². The quantitative estimate of drug-likeness (QED) is 0.441. The maximum Gasteiger partial charge on any atom is 0.433 e. The molecule has 1 amide bonds. The summed E-state index contributed by atoms with van der Waals surface area (Å²) < 4.78 is 63.6. The van der Waals surface area contributed by atoms with Gasteiger partial charge in [-0.05, 0) is 48.0 Å². The number of hydrogen-bond donors (Lipinski definition) is 1. The van der Waals surface area contributed by atoms with Gasteiger partial charge in [0.2, 0.25) is 0 Å². The minimum atomic E-state index is -4.67. The first kappa shape index (κ1) is 24.1. The van der Waals surface area contributed by atoms with Gasteiger partial charge in [0, 0.05) is 18.6 Å². The third-order valence-corrected chi connectivity index (χ3v) is 6.20. The van der Waals surface area contributed by atoms with Gasteiger partial charge in [-0.15, -0.1) is 0 Å². The number of para-hydroxylation sites is 1. The van der Waals surface area contributed by atoms with Crippen molar-refractivity contribution in [3.63, 3.8) is 0 Å². The van der Waals surface area contributed by atoms with Crippen LogP contribution < -0.4 is 10.6 Å². The molecule has 0 unspecified atom stereocenters. The van der Waals surface area contributed by atoms with Crippen molar-refractivity contribution in [2.45, 2.75) is 17.6 Å². The van der Waals surface area contributed by atoms with Gasteiger partial charge in [-0.3, -0.25) is 14.8 Å². The highest BCUT2D eigenvalue weighted by Crippen LogP contribution is 2.30. The van der Waals surface area contributed by atoms with Crippen LogP contribution in [0.4, 0.5) is 24.7 Å². The van der Waals surface area contributed by atoms with Crippen LogP contribution in [0.2, 0.25) is 0 Å². The molecule has 35 heavy (non-hydrogen) atoms. The number of rotatable bonds is 5. The second-order valence-corrected chi connectivity index (χ2v) is 9.66. The van der Waals surface area contributed by atoms with Crippen LogP contribution in [-0.2, 0) is 22.6 Å². The van der Waals surface area contributed by atoms with Crippen molar-refractivity contribution in [3.05, 3.63) is 83.8 Å². The van der Waals surface area contributed by atoms with Gasteiger partial charge in [-0.25, -0.2) is 13.4 Å². The Morgan fingerprint density at radius 1 is 1.00 bits per heavy atom. The molecule has 1 aromatic carbocycles. The molecule has 0 atom stereocenters. The standard InChI is InChI=1S/C23H18F3N5O3S/c1-35(33,34)19-5-3-2-4-18(19)31(22(32)15-6-8-20(29-12-15)23(24,25)26)13-14-10-17-16(28-11-14)7-9-21(27)30-17/h2-12H,13H2,1H3,(H2,27,30). The van der Waals surface area contributed by atoms with Crippen LogP contribution in [-0.4, -0.2) is 35.5 Å². The average Bonchev–Trinajstić information content (AvgIpc) is 2.81. The number of nitrogen functional groups attached to an aromatic ring is 1. The molecule has 0 saturated carbocycles. The third kappa shape index (κ3) is 5.22. The van der Waals surface area contributed by atoms with Crippen molar-refractivity contribution < 1.29 is 26.4 Å². The van der Waals surface area contributed by atoms with E-state index in [1.165, 1.54) is 24.4 Å². The summed E-state index contributed by atoms with van der Waals surface area (Å²) in [4.78, 5) is 26.3. The van der Waals surface area contributed by atoms with E-state index in [0.717, 1.165) is 23.4 Å². The normalized spacial score (nSPS) is 12.0. The zero-order valence-corrected chi connectivity index (χ0v) is 19.0. The summed E-state index contributed by atoms with van der Waals surface area (Å²) in [6.45, 7) is -0.147. The molecule has 8 nitrogen and oxygen atoms in total. The number of carbonyl (C=O) groups excluding carboxylic acids is 1. The molecule has 0 radical (unpaired) electrons. The SMILES string of the molecule is CS(=O)(=O)c1ccccc1N(Cc1cnc2ccc(N)nc2c1)C(=O)c1ccc(C(F)(F)F)nc1. The first-order chi connectivity index (χ1) is 16.4. The number of alkyl halides is 3. The number of amides is 1. The highest BCUT2D eigenvalue weighted by molar-refractivity contribution is 7.90.